The molecule has 0 aromatic carbocycles. The molecule has 0 radical (unpaired) electrons. The lowest BCUT2D eigenvalue weighted by atomic mass is 10.0. The Morgan fingerprint density at radius 2 is 2.00 bits per heavy atom. The van der Waals surface area contributed by atoms with E-state index in [4.69, 9.17) is 9.15 Å². The quantitative estimate of drug-likeness (QED) is 0.875. The third-order valence-corrected chi connectivity index (χ3v) is 6.32. The number of nitrogens with zero attached hydrogens (tertiary/aromatic N) is 1. The summed E-state index contributed by atoms with van der Waals surface area (Å²) in [7, 11) is -3.68. The number of carbonyl (C=O) groups is 1. The Kier molecular flexibility index (Phi) is 3.62. The Balaban J connectivity index is 1.90. The number of carbonyl (C=O) groups excluding carboxylic acids is 1. The highest BCUT2D eigenvalue weighted by Crippen LogP contribution is 2.36. The maximum atomic E-state index is 12.9. The zero-order valence-corrected chi connectivity index (χ0v) is 14.6. The predicted molar refractivity (Wildman–Crippen MR) is 82.2 cm³/mol. The summed E-state index contributed by atoms with van der Waals surface area (Å²) in [6.07, 6.45) is 1.21. The van der Waals surface area contributed by atoms with Crippen LogP contribution in [0.2, 0.25) is 0 Å². The van der Waals surface area contributed by atoms with Gasteiger partial charge in [0.2, 0.25) is 10.0 Å². The van der Waals surface area contributed by atoms with Gasteiger partial charge in [-0.3, -0.25) is 4.79 Å². The Morgan fingerprint density at radius 3 is 2.52 bits per heavy atom. The number of nitrogens with one attached hydrogen (secondary N) is 1. The van der Waals surface area contributed by atoms with Crippen molar-refractivity contribution in [1.29, 1.82) is 0 Å². The highest BCUT2D eigenvalue weighted by molar-refractivity contribution is 7.89. The maximum absolute atomic E-state index is 12.9. The van der Waals surface area contributed by atoms with Crippen LogP contribution in [-0.4, -0.2) is 43.0 Å². The second kappa shape index (κ2) is 5.06. The van der Waals surface area contributed by atoms with Crippen molar-refractivity contribution in [2.24, 2.45) is 0 Å². The minimum atomic E-state index is -3.68. The van der Waals surface area contributed by atoms with E-state index < -0.39 is 21.3 Å². The Bertz CT molecular complexity index is 752. The van der Waals surface area contributed by atoms with Crippen molar-refractivity contribution >= 4 is 15.9 Å². The van der Waals surface area contributed by atoms with Gasteiger partial charge in [0.15, 0.2) is 5.72 Å². The lowest BCUT2D eigenvalue weighted by Gasteiger charge is -2.39. The number of hydrogen-bond acceptors (Lipinski definition) is 5. The molecule has 1 aromatic rings. The number of sulfonamides is 1. The van der Waals surface area contributed by atoms with Crippen LogP contribution in [0.25, 0.3) is 0 Å². The number of amides is 1. The van der Waals surface area contributed by atoms with Crippen molar-refractivity contribution in [1.82, 2.24) is 9.62 Å². The van der Waals surface area contributed by atoms with Gasteiger partial charge in [-0.15, -0.1) is 0 Å². The first-order chi connectivity index (χ1) is 10.6. The molecule has 0 aliphatic carbocycles. The van der Waals surface area contributed by atoms with E-state index in [1.165, 1.54) is 10.4 Å². The molecule has 3 heterocycles. The van der Waals surface area contributed by atoms with E-state index in [9.17, 15) is 13.2 Å². The number of furan rings is 1. The Labute approximate surface area is 136 Å². The molecular formula is C15H22N2O5S. The normalized spacial score (nSPS) is 28.3. The van der Waals surface area contributed by atoms with E-state index in [1.807, 2.05) is 0 Å². The van der Waals surface area contributed by atoms with E-state index >= 15 is 0 Å². The molecule has 1 aromatic heterocycles. The third kappa shape index (κ3) is 2.68. The summed E-state index contributed by atoms with van der Waals surface area (Å²) >= 11 is 0. The molecule has 1 atom stereocenters. The predicted octanol–water partition coefficient (Wildman–Crippen LogP) is 1.30. The molecule has 0 saturated carbocycles. The first kappa shape index (κ1) is 16.5. The molecule has 2 aliphatic rings. The van der Waals surface area contributed by atoms with E-state index in [-0.39, 0.29) is 17.3 Å². The van der Waals surface area contributed by atoms with Gasteiger partial charge in [-0.2, -0.15) is 4.31 Å². The molecule has 23 heavy (non-hydrogen) atoms. The van der Waals surface area contributed by atoms with Gasteiger partial charge in [0.1, 0.15) is 22.0 Å². The van der Waals surface area contributed by atoms with Gasteiger partial charge in [0, 0.05) is 6.54 Å². The summed E-state index contributed by atoms with van der Waals surface area (Å²) in [4.78, 5) is 12.2. The molecule has 2 fully saturated rings. The second-order valence-electron chi connectivity index (χ2n) is 6.78. The molecule has 128 valence electrons. The maximum Gasteiger partial charge on any atom is 0.254 e. The van der Waals surface area contributed by atoms with Crippen LogP contribution >= 0.6 is 0 Å². The van der Waals surface area contributed by atoms with E-state index in [0.717, 1.165) is 0 Å². The third-order valence-electron chi connectivity index (χ3n) is 4.37. The van der Waals surface area contributed by atoms with Gasteiger partial charge in [0.25, 0.3) is 5.91 Å². The molecule has 2 aliphatic heterocycles. The van der Waals surface area contributed by atoms with E-state index in [0.29, 0.717) is 30.9 Å². The van der Waals surface area contributed by atoms with E-state index in [1.54, 1.807) is 27.7 Å². The largest absolute Gasteiger partial charge is 0.465 e. The number of ether oxygens (including phenoxy) is 1. The van der Waals surface area contributed by atoms with Crippen LogP contribution in [0, 0.1) is 13.8 Å². The molecular weight excluding hydrogens is 320 g/mol. The highest BCUT2D eigenvalue weighted by Gasteiger charge is 2.53. The van der Waals surface area contributed by atoms with Gasteiger partial charge < -0.3 is 14.5 Å². The average molecular weight is 342 g/mol. The van der Waals surface area contributed by atoms with Crippen LogP contribution < -0.4 is 5.32 Å². The summed E-state index contributed by atoms with van der Waals surface area (Å²) in [5.41, 5.74) is -1.90. The molecule has 7 nitrogen and oxygen atoms in total. The summed E-state index contributed by atoms with van der Waals surface area (Å²) in [5, 5.41) is 2.84. The first-order valence-corrected chi connectivity index (χ1v) is 9.10. The molecule has 1 spiro atoms. The number of hydrogen-bond donors (Lipinski definition) is 1. The molecule has 8 heteroatoms. The van der Waals surface area contributed by atoms with Crippen molar-refractivity contribution in [3.8, 4) is 0 Å². The van der Waals surface area contributed by atoms with Crippen LogP contribution in [0.1, 0.15) is 38.2 Å². The average Bonchev–Trinajstić information content (AvgIpc) is 2.87. The molecule has 2 saturated heterocycles. The standard InChI is InChI=1S/C15H22N2O5S/c1-10-8-12(11(2)21-10)23(19,20)17-7-5-6-15(9-17)16-13(18)14(3,4)22-15/h8H,5-7,9H2,1-4H3,(H,16,18). The first-order valence-electron chi connectivity index (χ1n) is 7.66. The van der Waals surface area contributed by atoms with Gasteiger partial charge in [-0.05, 0) is 46.6 Å². The minimum absolute atomic E-state index is 0.105. The fraction of sp³-hybridized carbons (Fsp3) is 0.667. The Hall–Kier alpha value is -1.38. The SMILES string of the molecule is Cc1cc(S(=O)(=O)N2CCCC3(C2)NC(=O)C(C)(C)O3)c(C)o1. The zero-order valence-electron chi connectivity index (χ0n) is 13.8. The lowest BCUT2D eigenvalue weighted by Crippen LogP contribution is -2.56. The van der Waals surface area contributed by atoms with Crippen LogP contribution in [0.4, 0.5) is 0 Å². The number of aryl methyl sites for hydroxylation is 2. The zero-order chi connectivity index (χ0) is 17.0. The van der Waals surface area contributed by atoms with Gasteiger partial charge in [0.05, 0.1) is 6.54 Å². The second-order valence-corrected chi connectivity index (χ2v) is 8.69. The fourth-order valence-electron chi connectivity index (χ4n) is 3.29. The number of piperidine rings is 1. The van der Waals surface area contributed by atoms with Crippen LogP contribution in [0.5, 0.6) is 0 Å². The molecule has 1 amide bonds. The molecule has 3 rings (SSSR count). The van der Waals surface area contributed by atoms with Gasteiger partial charge in [-0.25, -0.2) is 8.42 Å². The summed E-state index contributed by atoms with van der Waals surface area (Å²) in [5.74, 6) is 0.713. The van der Waals surface area contributed by atoms with Crippen molar-refractivity contribution in [2.75, 3.05) is 13.1 Å². The fourth-order valence-corrected chi connectivity index (χ4v) is 5.04. The van der Waals surface area contributed by atoms with Crippen LogP contribution in [-0.2, 0) is 19.6 Å². The topological polar surface area (TPSA) is 88.9 Å². The summed E-state index contributed by atoms with van der Waals surface area (Å²) in [6, 6.07) is 1.53. The molecule has 0 bridgehead atoms. The van der Waals surface area contributed by atoms with Crippen molar-refractivity contribution in [2.45, 2.75) is 56.8 Å². The van der Waals surface area contributed by atoms with Crippen molar-refractivity contribution in [3.63, 3.8) is 0 Å². The van der Waals surface area contributed by atoms with Crippen molar-refractivity contribution < 1.29 is 22.4 Å². The lowest BCUT2D eigenvalue weighted by molar-refractivity contribution is -0.137. The summed E-state index contributed by atoms with van der Waals surface area (Å²) in [6.45, 7) is 7.23. The Morgan fingerprint density at radius 1 is 1.30 bits per heavy atom. The smallest absolute Gasteiger partial charge is 0.254 e. The van der Waals surface area contributed by atoms with Crippen LogP contribution in [0.15, 0.2) is 15.4 Å². The van der Waals surface area contributed by atoms with Crippen LogP contribution in [0.3, 0.4) is 0 Å². The van der Waals surface area contributed by atoms with Crippen molar-refractivity contribution in [3.05, 3.63) is 17.6 Å². The molecule has 1 N–H and O–H groups in total. The molecule has 1 unspecified atom stereocenters. The highest BCUT2D eigenvalue weighted by atomic mass is 32.2. The number of rotatable bonds is 2. The van der Waals surface area contributed by atoms with Gasteiger partial charge >= 0.3 is 0 Å². The van der Waals surface area contributed by atoms with E-state index in [2.05, 4.69) is 5.32 Å². The minimum Gasteiger partial charge on any atom is -0.465 e. The monoisotopic (exact) mass is 342 g/mol. The van der Waals surface area contributed by atoms with Gasteiger partial charge in [-0.1, -0.05) is 0 Å². The summed E-state index contributed by atoms with van der Waals surface area (Å²) < 4.78 is 38.4.